The molecule has 0 saturated carbocycles. The van der Waals surface area contributed by atoms with Crippen molar-refractivity contribution < 1.29 is 33.0 Å². The number of carboxylic acid groups (broad SMARTS) is 1. The van der Waals surface area contributed by atoms with E-state index in [1.807, 2.05) is 0 Å². The SMILES string of the molecule is O=C(NC1(C(=O)O)CCOCC1)C1CC(=O)N(c2ccc(F)cc2F)C1. The number of amides is 2. The van der Waals surface area contributed by atoms with Crippen LogP contribution in [0.1, 0.15) is 19.3 Å². The molecule has 140 valence electrons. The highest BCUT2D eigenvalue weighted by atomic mass is 19.1. The van der Waals surface area contributed by atoms with Crippen molar-refractivity contribution >= 4 is 23.5 Å². The molecular weight excluding hydrogens is 350 g/mol. The second kappa shape index (κ2) is 6.99. The Hall–Kier alpha value is -2.55. The third-order valence-electron chi connectivity index (χ3n) is 4.81. The molecule has 1 atom stereocenters. The van der Waals surface area contributed by atoms with Crippen molar-refractivity contribution in [2.24, 2.45) is 5.92 Å². The topological polar surface area (TPSA) is 95.9 Å². The van der Waals surface area contributed by atoms with E-state index < -0.39 is 40.9 Å². The van der Waals surface area contributed by atoms with Crippen LogP contribution in [-0.4, -0.2) is 48.2 Å². The van der Waals surface area contributed by atoms with Crippen LogP contribution in [0.3, 0.4) is 0 Å². The third kappa shape index (κ3) is 3.39. The summed E-state index contributed by atoms with van der Waals surface area (Å²) in [6, 6.07) is 2.83. The Bertz CT molecular complexity index is 749. The van der Waals surface area contributed by atoms with Gasteiger partial charge in [-0.05, 0) is 12.1 Å². The first-order chi connectivity index (χ1) is 12.3. The molecule has 2 heterocycles. The molecule has 2 N–H and O–H groups in total. The number of rotatable bonds is 4. The first kappa shape index (κ1) is 18.2. The Morgan fingerprint density at radius 3 is 2.58 bits per heavy atom. The Morgan fingerprint density at radius 1 is 1.27 bits per heavy atom. The number of carboxylic acids is 1. The Morgan fingerprint density at radius 2 is 1.96 bits per heavy atom. The Balaban J connectivity index is 1.73. The number of nitrogens with one attached hydrogen (secondary N) is 1. The average molecular weight is 368 g/mol. The maximum atomic E-state index is 13.9. The number of carbonyl (C=O) groups excluding carboxylic acids is 2. The molecule has 2 saturated heterocycles. The van der Waals surface area contributed by atoms with Crippen LogP contribution in [0.5, 0.6) is 0 Å². The maximum absolute atomic E-state index is 13.9. The molecule has 2 fully saturated rings. The van der Waals surface area contributed by atoms with Gasteiger partial charge in [-0.1, -0.05) is 0 Å². The van der Waals surface area contributed by atoms with Crippen LogP contribution in [0, 0.1) is 17.6 Å². The van der Waals surface area contributed by atoms with Crippen LogP contribution in [-0.2, 0) is 19.1 Å². The minimum absolute atomic E-state index is 0.0978. The molecule has 1 aromatic carbocycles. The summed E-state index contributed by atoms with van der Waals surface area (Å²) in [6.45, 7) is 0.325. The lowest BCUT2D eigenvalue weighted by atomic mass is 9.89. The van der Waals surface area contributed by atoms with Gasteiger partial charge in [0, 0.05) is 45.1 Å². The minimum atomic E-state index is -1.42. The van der Waals surface area contributed by atoms with Crippen LogP contribution < -0.4 is 10.2 Å². The van der Waals surface area contributed by atoms with Crippen molar-refractivity contribution in [2.45, 2.75) is 24.8 Å². The van der Waals surface area contributed by atoms with E-state index in [2.05, 4.69) is 5.32 Å². The van der Waals surface area contributed by atoms with Gasteiger partial charge in [0.05, 0.1) is 11.6 Å². The van der Waals surface area contributed by atoms with Crippen molar-refractivity contribution in [2.75, 3.05) is 24.7 Å². The predicted molar refractivity (Wildman–Crippen MR) is 85.4 cm³/mol. The van der Waals surface area contributed by atoms with Gasteiger partial charge in [0.15, 0.2) is 0 Å². The molecular formula is C17H18F2N2O5. The minimum Gasteiger partial charge on any atom is -0.480 e. The number of hydrogen-bond donors (Lipinski definition) is 2. The highest BCUT2D eigenvalue weighted by Crippen LogP contribution is 2.29. The van der Waals surface area contributed by atoms with Crippen molar-refractivity contribution in [1.29, 1.82) is 0 Å². The second-order valence-electron chi connectivity index (χ2n) is 6.49. The van der Waals surface area contributed by atoms with Crippen LogP contribution >= 0.6 is 0 Å². The molecule has 0 bridgehead atoms. The lowest BCUT2D eigenvalue weighted by Gasteiger charge is -2.34. The van der Waals surface area contributed by atoms with Gasteiger partial charge in [0.2, 0.25) is 11.8 Å². The highest BCUT2D eigenvalue weighted by molar-refractivity contribution is 6.01. The molecule has 0 aliphatic carbocycles. The molecule has 26 heavy (non-hydrogen) atoms. The number of nitrogens with zero attached hydrogens (tertiary/aromatic N) is 1. The summed E-state index contributed by atoms with van der Waals surface area (Å²) in [5.41, 5.74) is -1.53. The zero-order chi connectivity index (χ0) is 18.9. The lowest BCUT2D eigenvalue weighted by Crippen LogP contribution is -2.58. The van der Waals surface area contributed by atoms with Gasteiger partial charge in [-0.3, -0.25) is 9.59 Å². The van der Waals surface area contributed by atoms with Gasteiger partial charge in [-0.25, -0.2) is 13.6 Å². The van der Waals surface area contributed by atoms with E-state index in [-0.39, 0.29) is 44.7 Å². The number of halogens is 2. The highest BCUT2D eigenvalue weighted by Gasteiger charge is 2.45. The Kier molecular flexibility index (Phi) is 4.90. The van der Waals surface area contributed by atoms with Crippen LogP contribution in [0.2, 0.25) is 0 Å². The van der Waals surface area contributed by atoms with E-state index in [0.717, 1.165) is 17.0 Å². The van der Waals surface area contributed by atoms with Crippen molar-refractivity contribution in [3.63, 3.8) is 0 Å². The summed E-state index contributed by atoms with van der Waals surface area (Å²) in [5, 5.41) is 12.0. The normalized spacial score (nSPS) is 22.3. The molecule has 2 aliphatic heterocycles. The van der Waals surface area contributed by atoms with E-state index >= 15 is 0 Å². The lowest BCUT2D eigenvalue weighted by molar-refractivity contribution is -0.152. The fraction of sp³-hybridized carbons (Fsp3) is 0.471. The van der Waals surface area contributed by atoms with Gasteiger partial charge >= 0.3 is 5.97 Å². The fourth-order valence-corrected chi connectivity index (χ4v) is 3.27. The van der Waals surface area contributed by atoms with E-state index in [1.54, 1.807) is 0 Å². The summed E-state index contributed by atoms with van der Waals surface area (Å²) < 4.78 is 32.1. The maximum Gasteiger partial charge on any atom is 0.329 e. The van der Waals surface area contributed by atoms with Crippen LogP contribution in [0.15, 0.2) is 18.2 Å². The van der Waals surface area contributed by atoms with Gasteiger partial charge in [-0.15, -0.1) is 0 Å². The number of hydrogen-bond acceptors (Lipinski definition) is 4. The van der Waals surface area contributed by atoms with Crippen molar-refractivity contribution in [1.82, 2.24) is 5.32 Å². The number of ether oxygens (including phenoxy) is 1. The van der Waals surface area contributed by atoms with Crippen LogP contribution in [0.4, 0.5) is 14.5 Å². The van der Waals surface area contributed by atoms with Gasteiger partial charge in [0.1, 0.15) is 17.2 Å². The van der Waals surface area contributed by atoms with Gasteiger partial charge in [0.25, 0.3) is 0 Å². The van der Waals surface area contributed by atoms with E-state index in [0.29, 0.717) is 6.07 Å². The molecule has 0 spiro atoms. The molecule has 7 nitrogen and oxygen atoms in total. The molecule has 2 aliphatic rings. The van der Waals surface area contributed by atoms with E-state index in [1.165, 1.54) is 0 Å². The quantitative estimate of drug-likeness (QED) is 0.829. The average Bonchev–Trinajstić information content (AvgIpc) is 2.97. The molecule has 9 heteroatoms. The molecule has 1 unspecified atom stereocenters. The molecule has 3 rings (SSSR count). The predicted octanol–water partition coefficient (Wildman–Crippen LogP) is 1.07. The standard InChI is InChI=1S/C17H18F2N2O5/c18-11-1-2-13(12(19)8-11)21-9-10(7-14(21)22)15(23)20-17(16(24)25)3-5-26-6-4-17/h1-2,8,10H,3-7,9H2,(H,20,23)(H,24,25). The monoisotopic (exact) mass is 368 g/mol. The fourth-order valence-electron chi connectivity index (χ4n) is 3.27. The summed E-state index contributed by atoms with van der Waals surface area (Å²) in [6.07, 6.45) is 0.0882. The summed E-state index contributed by atoms with van der Waals surface area (Å²) >= 11 is 0. The zero-order valence-corrected chi connectivity index (χ0v) is 13.8. The second-order valence-corrected chi connectivity index (χ2v) is 6.49. The van der Waals surface area contributed by atoms with Gasteiger partial charge < -0.3 is 20.1 Å². The molecule has 0 radical (unpaired) electrons. The molecule has 1 aromatic rings. The largest absolute Gasteiger partial charge is 0.480 e. The van der Waals surface area contributed by atoms with Crippen molar-refractivity contribution in [3.05, 3.63) is 29.8 Å². The van der Waals surface area contributed by atoms with E-state index in [9.17, 15) is 28.3 Å². The zero-order valence-electron chi connectivity index (χ0n) is 13.8. The van der Waals surface area contributed by atoms with Crippen molar-refractivity contribution in [3.8, 4) is 0 Å². The number of benzene rings is 1. The van der Waals surface area contributed by atoms with E-state index in [4.69, 9.17) is 4.74 Å². The third-order valence-corrected chi connectivity index (χ3v) is 4.81. The first-order valence-corrected chi connectivity index (χ1v) is 8.21. The first-order valence-electron chi connectivity index (χ1n) is 8.21. The molecule has 0 aromatic heterocycles. The number of carbonyl (C=O) groups is 3. The number of aliphatic carboxylic acids is 1. The van der Waals surface area contributed by atoms with Gasteiger partial charge in [-0.2, -0.15) is 0 Å². The van der Waals surface area contributed by atoms with Crippen LogP contribution in [0.25, 0.3) is 0 Å². The Labute approximate surface area is 147 Å². The summed E-state index contributed by atoms with van der Waals surface area (Å²) in [7, 11) is 0. The summed E-state index contributed by atoms with van der Waals surface area (Å²) in [5.74, 6) is -4.69. The summed E-state index contributed by atoms with van der Waals surface area (Å²) in [4.78, 5) is 37.4. The number of anilines is 1. The molecule has 2 amide bonds. The smallest absolute Gasteiger partial charge is 0.329 e.